The summed E-state index contributed by atoms with van der Waals surface area (Å²) in [4.78, 5) is 0.423. The first-order chi connectivity index (χ1) is 5.61. The van der Waals surface area contributed by atoms with E-state index in [1.54, 1.807) is 6.26 Å². The Hall–Kier alpha value is -0.500. The fraction of sp³-hybridized carbons (Fsp3) is 0.400. The minimum absolute atomic E-state index is 0.423. The zero-order valence-electron chi connectivity index (χ0n) is 7.60. The van der Waals surface area contributed by atoms with Crippen molar-refractivity contribution in [2.75, 3.05) is 0 Å². The Kier molecular flexibility index (Phi) is 3.15. The minimum Gasteiger partial charge on any atom is -0.469 e. The summed E-state index contributed by atoms with van der Waals surface area (Å²) >= 11 is 3.51. The van der Waals surface area contributed by atoms with Crippen LogP contribution in [0.5, 0.6) is 0 Å². The number of hydrogen-bond donors (Lipinski definition) is 0. The van der Waals surface area contributed by atoms with E-state index in [0.717, 1.165) is 5.76 Å². The van der Waals surface area contributed by atoms with E-state index in [2.05, 4.69) is 35.9 Å². The van der Waals surface area contributed by atoms with Gasteiger partial charge in [0.05, 0.1) is 6.26 Å². The third-order valence-corrected chi connectivity index (χ3v) is 2.63. The van der Waals surface area contributed by atoms with Crippen molar-refractivity contribution >= 4 is 22.0 Å². The van der Waals surface area contributed by atoms with Gasteiger partial charge in [0, 0.05) is 10.4 Å². The molecule has 2 heteroatoms. The highest BCUT2D eigenvalue weighted by molar-refractivity contribution is 9.09. The van der Waals surface area contributed by atoms with Crippen LogP contribution in [0, 0.1) is 6.92 Å². The predicted octanol–water partition coefficient (Wildman–Crippen LogP) is 3.77. The molecule has 0 aliphatic rings. The highest BCUT2D eigenvalue weighted by atomic mass is 79.9. The lowest BCUT2D eigenvalue weighted by Gasteiger charge is -2.01. The number of allylic oxidation sites excluding steroid dienone is 1. The van der Waals surface area contributed by atoms with Gasteiger partial charge >= 0.3 is 0 Å². The summed E-state index contributed by atoms with van der Waals surface area (Å²) in [7, 11) is 0. The van der Waals surface area contributed by atoms with E-state index in [1.807, 2.05) is 13.0 Å². The molecule has 0 saturated carbocycles. The smallest absolute Gasteiger partial charge is 0.107 e. The molecule has 1 rings (SSSR count). The van der Waals surface area contributed by atoms with E-state index in [9.17, 15) is 0 Å². The van der Waals surface area contributed by atoms with Crippen LogP contribution < -0.4 is 0 Å². The molecule has 0 spiro atoms. The summed E-state index contributed by atoms with van der Waals surface area (Å²) in [6.07, 6.45) is 3.85. The Morgan fingerprint density at radius 1 is 1.67 bits per heavy atom. The molecule has 1 unspecified atom stereocenters. The van der Waals surface area contributed by atoms with Gasteiger partial charge < -0.3 is 4.42 Å². The number of alkyl halides is 1. The Balaban J connectivity index is 2.87. The van der Waals surface area contributed by atoms with Crippen LogP contribution in [0.3, 0.4) is 0 Å². The van der Waals surface area contributed by atoms with Gasteiger partial charge in [-0.2, -0.15) is 0 Å². The summed E-state index contributed by atoms with van der Waals surface area (Å²) in [5.41, 5.74) is 2.47. The molecule has 66 valence electrons. The number of halogens is 1. The van der Waals surface area contributed by atoms with Crippen LogP contribution in [-0.2, 0) is 0 Å². The monoisotopic (exact) mass is 228 g/mol. The molecule has 12 heavy (non-hydrogen) atoms. The minimum atomic E-state index is 0.423. The summed E-state index contributed by atoms with van der Waals surface area (Å²) in [5, 5.41) is 0. The van der Waals surface area contributed by atoms with E-state index in [0.29, 0.717) is 4.83 Å². The molecule has 0 N–H and O–H groups in total. The fourth-order valence-electron chi connectivity index (χ4n) is 0.905. The van der Waals surface area contributed by atoms with Crippen molar-refractivity contribution in [1.82, 2.24) is 0 Å². The lowest BCUT2D eigenvalue weighted by Crippen LogP contribution is -1.90. The van der Waals surface area contributed by atoms with Gasteiger partial charge in [-0.1, -0.05) is 27.6 Å². The molecule has 1 atom stereocenters. The summed E-state index contributed by atoms with van der Waals surface area (Å²) < 4.78 is 5.19. The van der Waals surface area contributed by atoms with Gasteiger partial charge in [0.15, 0.2) is 0 Å². The molecule has 0 aliphatic carbocycles. The zero-order valence-corrected chi connectivity index (χ0v) is 9.18. The first-order valence-corrected chi connectivity index (χ1v) is 4.89. The molecule has 0 amide bonds. The fourth-order valence-corrected chi connectivity index (χ4v) is 1.04. The van der Waals surface area contributed by atoms with Gasteiger partial charge in [0.1, 0.15) is 5.76 Å². The van der Waals surface area contributed by atoms with E-state index in [4.69, 9.17) is 4.42 Å². The molecule has 0 bridgehead atoms. The average Bonchev–Trinajstić information content (AvgIpc) is 2.36. The van der Waals surface area contributed by atoms with Gasteiger partial charge in [-0.25, -0.2) is 0 Å². The molecule has 1 nitrogen and oxygen atoms in total. The van der Waals surface area contributed by atoms with Crippen LogP contribution in [0.1, 0.15) is 25.2 Å². The Morgan fingerprint density at radius 3 is 2.75 bits per heavy atom. The van der Waals surface area contributed by atoms with Crippen LogP contribution in [0.2, 0.25) is 0 Å². The third-order valence-electron chi connectivity index (χ3n) is 1.91. The summed E-state index contributed by atoms with van der Waals surface area (Å²) in [6.45, 7) is 6.19. The normalized spacial score (nSPS) is 14.8. The number of aryl methyl sites for hydroxylation is 1. The van der Waals surface area contributed by atoms with Crippen LogP contribution in [0.25, 0.3) is 6.08 Å². The maximum absolute atomic E-state index is 5.19. The van der Waals surface area contributed by atoms with Crippen LogP contribution in [0.4, 0.5) is 0 Å². The molecule has 0 saturated heterocycles. The topological polar surface area (TPSA) is 13.1 Å². The Labute approximate surface area is 81.6 Å². The van der Waals surface area contributed by atoms with Crippen molar-refractivity contribution in [3.63, 3.8) is 0 Å². The number of hydrogen-bond acceptors (Lipinski definition) is 1. The molecule has 0 radical (unpaired) electrons. The lowest BCUT2D eigenvalue weighted by molar-refractivity contribution is 0.533. The SMILES string of the molecule is C/C(=C\c1ccoc1C)C(C)Br. The third kappa shape index (κ3) is 2.24. The first kappa shape index (κ1) is 9.59. The van der Waals surface area contributed by atoms with Crippen LogP contribution in [-0.4, -0.2) is 4.83 Å². The molecular weight excluding hydrogens is 216 g/mol. The van der Waals surface area contributed by atoms with Gasteiger partial charge in [0.2, 0.25) is 0 Å². The van der Waals surface area contributed by atoms with E-state index < -0.39 is 0 Å². The molecule has 1 aromatic rings. The maximum atomic E-state index is 5.19. The van der Waals surface area contributed by atoms with Crippen molar-refractivity contribution in [2.24, 2.45) is 0 Å². The molecule has 0 aromatic carbocycles. The van der Waals surface area contributed by atoms with E-state index in [1.165, 1.54) is 11.1 Å². The summed E-state index contributed by atoms with van der Waals surface area (Å²) in [5.74, 6) is 0.975. The Morgan fingerprint density at radius 2 is 2.33 bits per heavy atom. The van der Waals surface area contributed by atoms with Gasteiger partial charge in [0.25, 0.3) is 0 Å². The zero-order chi connectivity index (χ0) is 9.14. The second-order valence-corrected chi connectivity index (χ2v) is 4.31. The molecule has 0 fully saturated rings. The van der Waals surface area contributed by atoms with Crippen molar-refractivity contribution in [3.8, 4) is 0 Å². The molecule has 0 aliphatic heterocycles. The highest BCUT2D eigenvalue weighted by Gasteiger charge is 2.01. The number of furan rings is 1. The molecule has 1 heterocycles. The van der Waals surface area contributed by atoms with Crippen LogP contribution >= 0.6 is 15.9 Å². The number of rotatable bonds is 2. The predicted molar refractivity (Wildman–Crippen MR) is 55.5 cm³/mol. The quantitative estimate of drug-likeness (QED) is 0.703. The van der Waals surface area contributed by atoms with Crippen molar-refractivity contribution in [2.45, 2.75) is 25.6 Å². The second-order valence-electron chi connectivity index (χ2n) is 2.94. The van der Waals surface area contributed by atoms with Crippen molar-refractivity contribution in [3.05, 3.63) is 29.2 Å². The average molecular weight is 229 g/mol. The largest absolute Gasteiger partial charge is 0.469 e. The highest BCUT2D eigenvalue weighted by Crippen LogP contribution is 2.17. The molecule has 1 aromatic heterocycles. The first-order valence-electron chi connectivity index (χ1n) is 3.97. The van der Waals surface area contributed by atoms with E-state index >= 15 is 0 Å². The Bertz CT molecular complexity index is 284. The van der Waals surface area contributed by atoms with Crippen molar-refractivity contribution < 1.29 is 4.42 Å². The van der Waals surface area contributed by atoms with Gasteiger partial charge in [-0.05, 0) is 26.8 Å². The van der Waals surface area contributed by atoms with E-state index in [-0.39, 0.29) is 0 Å². The summed E-state index contributed by atoms with van der Waals surface area (Å²) in [6, 6.07) is 1.98. The lowest BCUT2D eigenvalue weighted by atomic mass is 10.1. The van der Waals surface area contributed by atoms with Crippen LogP contribution in [0.15, 0.2) is 22.3 Å². The molecular formula is C10H13BrO. The van der Waals surface area contributed by atoms with Crippen molar-refractivity contribution in [1.29, 1.82) is 0 Å². The second kappa shape index (κ2) is 3.94. The van der Waals surface area contributed by atoms with Gasteiger partial charge in [-0.3, -0.25) is 0 Å². The van der Waals surface area contributed by atoms with Gasteiger partial charge in [-0.15, -0.1) is 0 Å². The maximum Gasteiger partial charge on any atom is 0.107 e. The standard InChI is InChI=1S/C10H13BrO/c1-7(8(2)11)6-10-4-5-12-9(10)3/h4-6,8H,1-3H3/b7-6+.